The summed E-state index contributed by atoms with van der Waals surface area (Å²) in [5.41, 5.74) is 5.46. The van der Waals surface area contributed by atoms with Gasteiger partial charge in [0.1, 0.15) is 5.75 Å². The highest BCUT2D eigenvalue weighted by molar-refractivity contribution is 5.96. The molecule has 0 saturated carbocycles. The molecular formula is C21H23N3O3. The van der Waals surface area contributed by atoms with Crippen molar-refractivity contribution in [3.63, 3.8) is 0 Å². The van der Waals surface area contributed by atoms with Crippen LogP contribution in [0.15, 0.2) is 53.6 Å². The molecular weight excluding hydrogens is 342 g/mol. The lowest BCUT2D eigenvalue weighted by Crippen LogP contribution is -2.36. The normalized spacial score (nSPS) is 13.3. The van der Waals surface area contributed by atoms with Gasteiger partial charge in [-0.3, -0.25) is 9.59 Å². The summed E-state index contributed by atoms with van der Waals surface area (Å²) in [5, 5.41) is 3.93. The largest absolute Gasteiger partial charge is 0.497 e. The zero-order valence-electron chi connectivity index (χ0n) is 15.4. The number of hydrogen-bond donors (Lipinski definition) is 1. The third kappa shape index (κ3) is 4.94. The standard InChI is InChI=1S/C21H23N3O3/c1-27-18-10-8-16(9-11-18)15-22-23-20(25)12-13-21(26)24-14-4-6-17-5-2-3-7-19(17)24/h2-3,5,7-11,15H,4,6,12-14H2,1H3,(H,23,25)/b22-15+. The number of ether oxygens (including phenoxy) is 1. The number of hydrogen-bond acceptors (Lipinski definition) is 4. The van der Waals surface area contributed by atoms with Gasteiger partial charge in [-0.1, -0.05) is 18.2 Å². The van der Waals surface area contributed by atoms with Crippen molar-refractivity contribution in [2.45, 2.75) is 25.7 Å². The van der Waals surface area contributed by atoms with Gasteiger partial charge in [-0.15, -0.1) is 0 Å². The second kappa shape index (κ2) is 8.98. The lowest BCUT2D eigenvalue weighted by atomic mass is 10.0. The van der Waals surface area contributed by atoms with E-state index >= 15 is 0 Å². The van der Waals surface area contributed by atoms with Crippen molar-refractivity contribution in [1.29, 1.82) is 0 Å². The summed E-state index contributed by atoms with van der Waals surface area (Å²) in [4.78, 5) is 26.3. The molecule has 140 valence electrons. The minimum absolute atomic E-state index is 0.0311. The predicted octanol–water partition coefficient (Wildman–Crippen LogP) is 2.90. The maximum absolute atomic E-state index is 12.5. The molecule has 0 atom stereocenters. The lowest BCUT2D eigenvalue weighted by Gasteiger charge is -2.29. The number of para-hydroxylation sites is 1. The maximum Gasteiger partial charge on any atom is 0.240 e. The second-order valence-corrected chi connectivity index (χ2v) is 6.34. The highest BCUT2D eigenvalue weighted by atomic mass is 16.5. The van der Waals surface area contributed by atoms with Crippen LogP contribution in [0.2, 0.25) is 0 Å². The number of nitrogens with zero attached hydrogens (tertiary/aromatic N) is 2. The molecule has 0 saturated heterocycles. The molecule has 1 heterocycles. The maximum atomic E-state index is 12.5. The SMILES string of the molecule is COc1ccc(/C=N/NC(=O)CCC(=O)N2CCCc3ccccc32)cc1. The van der Waals surface area contributed by atoms with Crippen molar-refractivity contribution in [2.24, 2.45) is 5.10 Å². The number of rotatable bonds is 6. The van der Waals surface area contributed by atoms with Crippen LogP contribution in [0.3, 0.4) is 0 Å². The molecule has 1 N–H and O–H groups in total. The summed E-state index contributed by atoms with van der Waals surface area (Å²) in [6.45, 7) is 0.701. The number of benzene rings is 2. The molecule has 0 aromatic heterocycles. The van der Waals surface area contributed by atoms with Gasteiger partial charge in [0.2, 0.25) is 11.8 Å². The van der Waals surface area contributed by atoms with Crippen LogP contribution in [-0.2, 0) is 16.0 Å². The lowest BCUT2D eigenvalue weighted by molar-refractivity contribution is -0.125. The van der Waals surface area contributed by atoms with Crippen LogP contribution >= 0.6 is 0 Å². The number of nitrogens with one attached hydrogen (secondary N) is 1. The van der Waals surface area contributed by atoms with Gasteiger partial charge in [-0.05, 0) is 54.3 Å². The van der Waals surface area contributed by atoms with Crippen molar-refractivity contribution in [2.75, 3.05) is 18.6 Å². The fourth-order valence-corrected chi connectivity index (χ4v) is 3.07. The van der Waals surface area contributed by atoms with Gasteiger partial charge >= 0.3 is 0 Å². The average molecular weight is 365 g/mol. The Morgan fingerprint density at radius 2 is 1.93 bits per heavy atom. The Bertz CT molecular complexity index is 831. The minimum Gasteiger partial charge on any atom is -0.497 e. The molecule has 27 heavy (non-hydrogen) atoms. The molecule has 3 rings (SSSR count). The van der Waals surface area contributed by atoms with E-state index in [1.165, 1.54) is 5.56 Å². The molecule has 1 aliphatic rings. The highest BCUT2D eigenvalue weighted by Crippen LogP contribution is 2.27. The van der Waals surface area contributed by atoms with Crippen molar-refractivity contribution in [1.82, 2.24) is 5.43 Å². The summed E-state index contributed by atoms with van der Waals surface area (Å²) in [6.07, 6.45) is 3.76. The van der Waals surface area contributed by atoms with Crippen molar-refractivity contribution in [3.8, 4) is 5.75 Å². The van der Waals surface area contributed by atoms with E-state index in [-0.39, 0.29) is 24.7 Å². The van der Waals surface area contributed by atoms with E-state index in [4.69, 9.17) is 4.74 Å². The van der Waals surface area contributed by atoms with Crippen LogP contribution < -0.4 is 15.1 Å². The fourth-order valence-electron chi connectivity index (χ4n) is 3.07. The first-order chi connectivity index (χ1) is 13.2. The van der Waals surface area contributed by atoms with Crippen LogP contribution in [0.4, 0.5) is 5.69 Å². The number of carbonyl (C=O) groups excluding carboxylic acids is 2. The Balaban J connectivity index is 1.47. The second-order valence-electron chi connectivity index (χ2n) is 6.34. The van der Waals surface area contributed by atoms with Gasteiger partial charge in [0, 0.05) is 25.1 Å². The number of fused-ring (bicyclic) bond motifs is 1. The van der Waals surface area contributed by atoms with E-state index in [2.05, 4.69) is 16.6 Å². The molecule has 2 aromatic rings. The Kier molecular flexibility index (Phi) is 6.20. The first-order valence-electron chi connectivity index (χ1n) is 9.01. The number of hydrazone groups is 1. The van der Waals surface area contributed by atoms with Gasteiger partial charge in [-0.25, -0.2) is 5.43 Å². The van der Waals surface area contributed by atoms with Crippen molar-refractivity contribution < 1.29 is 14.3 Å². The summed E-state index contributed by atoms with van der Waals surface area (Å²) >= 11 is 0. The van der Waals surface area contributed by atoms with Gasteiger partial charge in [-0.2, -0.15) is 5.10 Å². The van der Waals surface area contributed by atoms with E-state index in [0.717, 1.165) is 29.8 Å². The highest BCUT2D eigenvalue weighted by Gasteiger charge is 2.22. The van der Waals surface area contributed by atoms with E-state index in [1.807, 2.05) is 42.5 Å². The van der Waals surface area contributed by atoms with Crippen LogP contribution in [0.5, 0.6) is 5.75 Å². The zero-order chi connectivity index (χ0) is 19.1. The van der Waals surface area contributed by atoms with Gasteiger partial charge < -0.3 is 9.64 Å². The Morgan fingerprint density at radius 3 is 2.70 bits per heavy atom. The van der Waals surface area contributed by atoms with Gasteiger partial charge in [0.25, 0.3) is 0 Å². The first-order valence-corrected chi connectivity index (χ1v) is 9.01. The molecule has 0 bridgehead atoms. The van der Waals surface area contributed by atoms with Crippen molar-refractivity contribution in [3.05, 3.63) is 59.7 Å². The molecule has 6 nitrogen and oxygen atoms in total. The molecule has 0 radical (unpaired) electrons. The topological polar surface area (TPSA) is 71.0 Å². The van der Waals surface area contributed by atoms with E-state index in [9.17, 15) is 9.59 Å². The monoisotopic (exact) mass is 365 g/mol. The third-order valence-corrected chi connectivity index (χ3v) is 4.50. The zero-order valence-corrected chi connectivity index (χ0v) is 15.4. The first kappa shape index (κ1) is 18.6. The predicted molar refractivity (Wildman–Crippen MR) is 105 cm³/mol. The summed E-state index contributed by atoms with van der Waals surface area (Å²) in [5.74, 6) is 0.448. The average Bonchev–Trinajstić information content (AvgIpc) is 2.72. The summed E-state index contributed by atoms with van der Waals surface area (Å²) in [6, 6.07) is 15.3. The molecule has 2 amide bonds. The number of carbonyl (C=O) groups is 2. The molecule has 2 aromatic carbocycles. The Labute approximate surface area is 158 Å². The Hall–Kier alpha value is -3.15. The molecule has 1 aliphatic heterocycles. The molecule has 0 aliphatic carbocycles. The minimum atomic E-state index is -0.279. The third-order valence-electron chi connectivity index (χ3n) is 4.50. The Morgan fingerprint density at radius 1 is 1.15 bits per heavy atom. The smallest absolute Gasteiger partial charge is 0.240 e. The van der Waals surface area contributed by atoms with Crippen LogP contribution in [0, 0.1) is 0 Å². The van der Waals surface area contributed by atoms with E-state index in [0.29, 0.717) is 6.54 Å². The molecule has 0 fully saturated rings. The molecule has 6 heteroatoms. The van der Waals surface area contributed by atoms with Gasteiger partial charge in [0.15, 0.2) is 0 Å². The summed E-state index contributed by atoms with van der Waals surface area (Å²) < 4.78 is 5.09. The van der Waals surface area contributed by atoms with Crippen LogP contribution in [0.1, 0.15) is 30.4 Å². The summed E-state index contributed by atoms with van der Waals surface area (Å²) in [7, 11) is 1.60. The number of methoxy groups -OCH3 is 1. The number of anilines is 1. The number of amides is 2. The van der Waals surface area contributed by atoms with E-state index < -0.39 is 0 Å². The molecule has 0 unspecified atom stereocenters. The number of aryl methyl sites for hydroxylation is 1. The van der Waals surface area contributed by atoms with Crippen LogP contribution in [0.25, 0.3) is 0 Å². The quantitative estimate of drug-likeness (QED) is 0.632. The van der Waals surface area contributed by atoms with Crippen LogP contribution in [-0.4, -0.2) is 31.7 Å². The van der Waals surface area contributed by atoms with Crippen molar-refractivity contribution >= 4 is 23.7 Å². The fraction of sp³-hybridized carbons (Fsp3) is 0.286. The van der Waals surface area contributed by atoms with Gasteiger partial charge in [0.05, 0.1) is 13.3 Å². The van der Waals surface area contributed by atoms with E-state index in [1.54, 1.807) is 18.2 Å². The molecule has 0 spiro atoms.